The first-order valence-electron chi connectivity index (χ1n) is 3.24. The van der Waals surface area contributed by atoms with Gasteiger partial charge in [0, 0.05) is 5.56 Å². The van der Waals surface area contributed by atoms with Gasteiger partial charge in [0.15, 0.2) is 0 Å². The molecule has 52 valence electrons. The van der Waals surface area contributed by atoms with E-state index in [9.17, 15) is 0 Å². The van der Waals surface area contributed by atoms with Crippen molar-refractivity contribution in [3.05, 3.63) is 29.8 Å². The van der Waals surface area contributed by atoms with Crippen molar-refractivity contribution >= 4 is 15.9 Å². The Morgan fingerprint density at radius 1 is 1.40 bits per heavy atom. The number of hydrogen-bond donors (Lipinski definition) is 0. The molecule has 2 rings (SSSR count). The van der Waals surface area contributed by atoms with E-state index in [0.717, 1.165) is 12.4 Å². The molecule has 1 heterocycles. The fourth-order valence-electron chi connectivity index (χ4n) is 1.12. The van der Waals surface area contributed by atoms with Gasteiger partial charge in [0.25, 0.3) is 0 Å². The molecule has 0 saturated heterocycles. The average molecular weight is 199 g/mol. The molecular formula is C8H7BrO. The topological polar surface area (TPSA) is 9.23 Å². The summed E-state index contributed by atoms with van der Waals surface area (Å²) < 4.78 is 5.36. The van der Waals surface area contributed by atoms with Gasteiger partial charge < -0.3 is 4.74 Å². The van der Waals surface area contributed by atoms with Crippen LogP contribution in [0.2, 0.25) is 0 Å². The molecule has 2 heteroatoms. The Hall–Kier alpha value is -0.500. The molecule has 10 heavy (non-hydrogen) atoms. The third-order valence-electron chi connectivity index (χ3n) is 1.64. The molecule has 0 spiro atoms. The SMILES string of the molecule is BrC1COc2ccccc21. The quantitative estimate of drug-likeness (QED) is 0.583. The number of hydrogen-bond acceptors (Lipinski definition) is 1. The van der Waals surface area contributed by atoms with Gasteiger partial charge in [0.05, 0.1) is 4.83 Å². The highest BCUT2D eigenvalue weighted by atomic mass is 79.9. The van der Waals surface area contributed by atoms with Crippen LogP contribution in [0, 0.1) is 0 Å². The van der Waals surface area contributed by atoms with Crippen LogP contribution >= 0.6 is 15.9 Å². The van der Waals surface area contributed by atoms with E-state index in [1.165, 1.54) is 5.56 Å². The van der Waals surface area contributed by atoms with Crippen LogP contribution in [0.3, 0.4) is 0 Å². The third-order valence-corrected chi connectivity index (χ3v) is 2.40. The van der Waals surface area contributed by atoms with E-state index in [2.05, 4.69) is 22.0 Å². The highest BCUT2D eigenvalue weighted by Crippen LogP contribution is 2.36. The second kappa shape index (κ2) is 2.27. The number of alkyl halides is 1. The maximum atomic E-state index is 5.36. The summed E-state index contributed by atoms with van der Waals surface area (Å²) in [6, 6.07) is 8.10. The van der Waals surface area contributed by atoms with Crippen LogP contribution in [0.4, 0.5) is 0 Å². The van der Waals surface area contributed by atoms with Crippen molar-refractivity contribution in [2.75, 3.05) is 6.61 Å². The molecule has 0 amide bonds. The zero-order valence-corrected chi connectivity index (χ0v) is 6.97. The second-order valence-electron chi connectivity index (χ2n) is 2.32. The van der Waals surface area contributed by atoms with Crippen molar-refractivity contribution < 1.29 is 4.74 Å². The highest BCUT2D eigenvalue weighted by Gasteiger charge is 2.19. The lowest BCUT2D eigenvalue weighted by Crippen LogP contribution is -1.89. The minimum Gasteiger partial charge on any atom is -0.492 e. The standard InChI is InChI=1S/C8H7BrO/c9-7-5-10-8-4-2-1-3-6(7)8/h1-4,7H,5H2. The van der Waals surface area contributed by atoms with E-state index in [0.29, 0.717) is 4.83 Å². The predicted molar refractivity (Wildman–Crippen MR) is 43.6 cm³/mol. The fraction of sp³-hybridized carbons (Fsp3) is 0.250. The van der Waals surface area contributed by atoms with Crippen LogP contribution in [-0.4, -0.2) is 6.61 Å². The highest BCUT2D eigenvalue weighted by molar-refractivity contribution is 9.09. The first-order valence-corrected chi connectivity index (χ1v) is 4.15. The maximum Gasteiger partial charge on any atom is 0.123 e. The lowest BCUT2D eigenvalue weighted by Gasteiger charge is -1.95. The van der Waals surface area contributed by atoms with Crippen LogP contribution in [0.15, 0.2) is 24.3 Å². The zero-order valence-electron chi connectivity index (χ0n) is 5.38. The van der Waals surface area contributed by atoms with E-state index in [1.54, 1.807) is 0 Å². The van der Waals surface area contributed by atoms with Gasteiger partial charge in [-0.25, -0.2) is 0 Å². The molecule has 1 nitrogen and oxygen atoms in total. The molecule has 0 radical (unpaired) electrons. The summed E-state index contributed by atoms with van der Waals surface area (Å²) >= 11 is 3.51. The summed E-state index contributed by atoms with van der Waals surface area (Å²) in [5, 5.41) is 0. The number of halogens is 1. The summed E-state index contributed by atoms with van der Waals surface area (Å²) in [4.78, 5) is 0.392. The first-order chi connectivity index (χ1) is 4.88. The van der Waals surface area contributed by atoms with Gasteiger partial charge in [0.2, 0.25) is 0 Å². The van der Waals surface area contributed by atoms with Crippen LogP contribution in [0.1, 0.15) is 10.4 Å². The van der Waals surface area contributed by atoms with Gasteiger partial charge in [-0.3, -0.25) is 0 Å². The Balaban J connectivity index is 2.51. The van der Waals surface area contributed by atoms with E-state index in [-0.39, 0.29) is 0 Å². The van der Waals surface area contributed by atoms with E-state index >= 15 is 0 Å². The summed E-state index contributed by atoms with van der Waals surface area (Å²) in [6.07, 6.45) is 0. The number of rotatable bonds is 0. The van der Waals surface area contributed by atoms with Crippen molar-refractivity contribution in [3.8, 4) is 5.75 Å². The normalized spacial score (nSPS) is 21.9. The number of fused-ring (bicyclic) bond motifs is 1. The molecule has 0 fully saturated rings. The minimum absolute atomic E-state index is 0.392. The van der Waals surface area contributed by atoms with E-state index in [4.69, 9.17) is 4.74 Å². The van der Waals surface area contributed by atoms with Crippen LogP contribution < -0.4 is 4.74 Å². The molecule has 1 atom stereocenters. The molecule has 1 aromatic rings. The van der Waals surface area contributed by atoms with Crippen LogP contribution in [0.25, 0.3) is 0 Å². The summed E-state index contributed by atoms with van der Waals surface area (Å²) in [7, 11) is 0. The number of ether oxygens (including phenoxy) is 1. The first kappa shape index (κ1) is 6.23. The Bertz CT molecular complexity index is 247. The van der Waals surface area contributed by atoms with Crippen molar-refractivity contribution in [2.24, 2.45) is 0 Å². The Morgan fingerprint density at radius 3 is 3.00 bits per heavy atom. The van der Waals surface area contributed by atoms with Crippen LogP contribution in [-0.2, 0) is 0 Å². The molecule has 1 aliphatic heterocycles. The Morgan fingerprint density at radius 2 is 2.20 bits per heavy atom. The predicted octanol–water partition coefficient (Wildman–Crippen LogP) is 2.52. The van der Waals surface area contributed by atoms with Gasteiger partial charge in [-0.1, -0.05) is 34.1 Å². The third kappa shape index (κ3) is 0.833. The van der Waals surface area contributed by atoms with Gasteiger partial charge in [-0.15, -0.1) is 0 Å². The van der Waals surface area contributed by atoms with E-state index < -0.39 is 0 Å². The monoisotopic (exact) mass is 198 g/mol. The molecule has 0 saturated carbocycles. The molecule has 0 aliphatic carbocycles. The van der Waals surface area contributed by atoms with Crippen LogP contribution in [0.5, 0.6) is 5.75 Å². The van der Waals surface area contributed by atoms with Gasteiger partial charge in [-0.2, -0.15) is 0 Å². The second-order valence-corrected chi connectivity index (χ2v) is 3.42. The average Bonchev–Trinajstić information content (AvgIpc) is 2.34. The molecule has 0 N–H and O–H groups in total. The molecule has 0 bridgehead atoms. The minimum atomic E-state index is 0.392. The summed E-state index contributed by atoms with van der Waals surface area (Å²) in [5.41, 5.74) is 1.27. The molecule has 1 aliphatic rings. The zero-order chi connectivity index (χ0) is 6.97. The molecule has 1 aromatic carbocycles. The molecule has 1 unspecified atom stereocenters. The number of benzene rings is 1. The Labute approximate surface area is 68.1 Å². The summed E-state index contributed by atoms with van der Waals surface area (Å²) in [5.74, 6) is 1.02. The smallest absolute Gasteiger partial charge is 0.123 e. The molecule has 0 aromatic heterocycles. The van der Waals surface area contributed by atoms with E-state index in [1.807, 2.05) is 18.2 Å². The largest absolute Gasteiger partial charge is 0.492 e. The van der Waals surface area contributed by atoms with Gasteiger partial charge in [0.1, 0.15) is 12.4 Å². The summed E-state index contributed by atoms with van der Waals surface area (Å²) in [6.45, 7) is 0.763. The van der Waals surface area contributed by atoms with Crippen molar-refractivity contribution in [3.63, 3.8) is 0 Å². The lowest BCUT2D eigenvalue weighted by atomic mass is 10.2. The lowest BCUT2D eigenvalue weighted by molar-refractivity contribution is 0.356. The Kier molecular flexibility index (Phi) is 1.42. The van der Waals surface area contributed by atoms with Gasteiger partial charge in [-0.05, 0) is 6.07 Å². The number of para-hydroxylation sites is 1. The van der Waals surface area contributed by atoms with Gasteiger partial charge >= 0.3 is 0 Å². The fourth-order valence-corrected chi connectivity index (χ4v) is 1.63. The van der Waals surface area contributed by atoms with Crippen molar-refractivity contribution in [2.45, 2.75) is 4.83 Å². The van der Waals surface area contributed by atoms with Crippen molar-refractivity contribution in [1.82, 2.24) is 0 Å². The molecular weight excluding hydrogens is 192 g/mol. The van der Waals surface area contributed by atoms with Crippen molar-refractivity contribution in [1.29, 1.82) is 0 Å². The maximum absolute atomic E-state index is 5.36.